The SMILES string of the molecule is CCCCSc1nc2n(n1)C(c1ccc(OCc3ccccc3C)cc1)C(C(N)=O)=C(C)N2. The van der Waals surface area contributed by atoms with Crippen LogP contribution in [0.5, 0.6) is 5.75 Å². The number of rotatable bonds is 9. The van der Waals surface area contributed by atoms with Crippen LogP contribution in [0.15, 0.2) is 65.0 Å². The summed E-state index contributed by atoms with van der Waals surface area (Å²) in [6.45, 7) is 6.57. The van der Waals surface area contributed by atoms with E-state index in [4.69, 9.17) is 10.5 Å². The van der Waals surface area contributed by atoms with E-state index < -0.39 is 11.9 Å². The number of amides is 1. The number of unbranched alkanes of at least 4 members (excludes halogenated alkanes) is 1. The molecule has 2 aromatic carbocycles. The largest absolute Gasteiger partial charge is 0.489 e. The number of allylic oxidation sites excluding steroid dienone is 1. The smallest absolute Gasteiger partial charge is 0.248 e. The molecule has 8 heteroatoms. The fourth-order valence-corrected chi connectivity index (χ4v) is 4.72. The number of nitrogens with zero attached hydrogens (tertiary/aromatic N) is 3. The molecule has 1 aliphatic rings. The number of nitrogens with two attached hydrogens (primary N) is 1. The zero-order chi connectivity index (χ0) is 23.4. The van der Waals surface area contributed by atoms with Gasteiger partial charge in [0.15, 0.2) is 0 Å². The number of hydrogen-bond acceptors (Lipinski definition) is 6. The van der Waals surface area contributed by atoms with Crippen LogP contribution in [0.3, 0.4) is 0 Å². The molecule has 0 saturated carbocycles. The van der Waals surface area contributed by atoms with Crippen LogP contribution in [0.25, 0.3) is 0 Å². The number of aromatic nitrogens is 3. The second-order valence-electron chi connectivity index (χ2n) is 8.08. The molecule has 0 spiro atoms. The number of nitrogens with one attached hydrogen (secondary N) is 1. The number of aryl methyl sites for hydroxylation is 1. The van der Waals surface area contributed by atoms with Gasteiger partial charge in [-0.25, -0.2) is 4.68 Å². The predicted molar refractivity (Wildman–Crippen MR) is 131 cm³/mol. The molecule has 0 saturated heterocycles. The van der Waals surface area contributed by atoms with E-state index in [1.165, 1.54) is 5.56 Å². The quantitative estimate of drug-likeness (QED) is 0.349. The van der Waals surface area contributed by atoms with Crippen molar-refractivity contribution in [1.82, 2.24) is 14.8 Å². The maximum absolute atomic E-state index is 12.4. The Kier molecular flexibility index (Phi) is 7.03. The van der Waals surface area contributed by atoms with Crippen molar-refractivity contribution in [2.24, 2.45) is 5.73 Å². The Balaban J connectivity index is 1.59. The highest BCUT2D eigenvalue weighted by Gasteiger charge is 2.33. The van der Waals surface area contributed by atoms with Gasteiger partial charge in [0.25, 0.3) is 0 Å². The fourth-order valence-electron chi connectivity index (χ4n) is 3.81. The third kappa shape index (κ3) is 5.06. The minimum Gasteiger partial charge on any atom is -0.489 e. The first kappa shape index (κ1) is 22.9. The average Bonchev–Trinajstić information content (AvgIpc) is 3.20. The molecule has 1 aliphatic heterocycles. The van der Waals surface area contributed by atoms with Crippen LogP contribution in [-0.2, 0) is 11.4 Å². The summed E-state index contributed by atoms with van der Waals surface area (Å²) >= 11 is 1.62. The highest BCUT2D eigenvalue weighted by molar-refractivity contribution is 7.99. The van der Waals surface area contributed by atoms with E-state index in [1.807, 2.05) is 43.3 Å². The molecule has 3 N–H and O–H groups in total. The lowest BCUT2D eigenvalue weighted by molar-refractivity contribution is -0.115. The first-order valence-corrected chi connectivity index (χ1v) is 12.1. The van der Waals surface area contributed by atoms with Gasteiger partial charge in [0.05, 0.1) is 5.57 Å². The Hall–Kier alpha value is -3.26. The van der Waals surface area contributed by atoms with Crippen molar-refractivity contribution in [2.75, 3.05) is 11.1 Å². The molecule has 0 bridgehead atoms. The van der Waals surface area contributed by atoms with Gasteiger partial charge in [0.1, 0.15) is 18.4 Å². The van der Waals surface area contributed by atoms with Crippen molar-refractivity contribution >= 4 is 23.6 Å². The van der Waals surface area contributed by atoms with Gasteiger partial charge in [-0.2, -0.15) is 4.98 Å². The molecule has 172 valence electrons. The van der Waals surface area contributed by atoms with E-state index in [0.29, 0.717) is 29.0 Å². The Labute approximate surface area is 198 Å². The van der Waals surface area contributed by atoms with Crippen LogP contribution in [0.1, 0.15) is 49.4 Å². The standard InChI is InChI=1S/C25H29N5O2S/c1-4-5-14-33-25-28-24-27-17(3)21(23(26)31)22(30(24)29-25)18-10-12-20(13-11-18)32-15-19-9-7-6-8-16(19)2/h6-13,22H,4-5,14-15H2,1-3H3,(H2,26,31)(H,27,28,29). The third-order valence-electron chi connectivity index (χ3n) is 5.68. The maximum atomic E-state index is 12.4. The fraction of sp³-hybridized carbons (Fsp3) is 0.320. The van der Waals surface area contributed by atoms with Crippen molar-refractivity contribution in [3.63, 3.8) is 0 Å². The predicted octanol–water partition coefficient (Wildman–Crippen LogP) is 4.83. The Morgan fingerprint density at radius 3 is 2.64 bits per heavy atom. The molecular weight excluding hydrogens is 434 g/mol. The van der Waals surface area contributed by atoms with Gasteiger partial charge in [-0.1, -0.05) is 61.5 Å². The normalized spacial score (nSPS) is 15.2. The zero-order valence-corrected chi connectivity index (χ0v) is 20.0. The molecule has 7 nitrogen and oxygen atoms in total. The summed E-state index contributed by atoms with van der Waals surface area (Å²) in [4.78, 5) is 17.0. The minimum absolute atomic E-state index is 0.447. The molecule has 1 unspecified atom stereocenters. The summed E-state index contributed by atoms with van der Waals surface area (Å²) in [5.41, 5.74) is 10.2. The molecule has 0 aliphatic carbocycles. The lowest BCUT2D eigenvalue weighted by Gasteiger charge is -2.27. The number of anilines is 1. The number of ether oxygens (including phenoxy) is 1. The van der Waals surface area contributed by atoms with E-state index in [0.717, 1.165) is 35.5 Å². The Bertz CT molecular complexity index is 1170. The number of fused-ring (bicyclic) bond motifs is 1. The zero-order valence-electron chi connectivity index (χ0n) is 19.2. The van der Waals surface area contributed by atoms with Gasteiger partial charge < -0.3 is 15.8 Å². The monoisotopic (exact) mass is 463 g/mol. The van der Waals surface area contributed by atoms with E-state index in [-0.39, 0.29) is 0 Å². The summed E-state index contributed by atoms with van der Waals surface area (Å²) < 4.78 is 7.74. The molecular formula is C25H29N5O2S. The van der Waals surface area contributed by atoms with Gasteiger partial charge in [0.2, 0.25) is 17.0 Å². The highest BCUT2D eigenvalue weighted by atomic mass is 32.2. The van der Waals surface area contributed by atoms with E-state index in [2.05, 4.69) is 41.4 Å². The van der Waals surface area contributed by atoms with Gasteiger partial charge in [-0.05, 0) is 49.1 Å². The third-order valence-corrected chi connectivity index (χ3v) is 6.60. The number of benzene rings is 2. The van der Waals surface area contributed by atoms with Crippen LogP contribution in [-0.4, -0.2) is 26.4 Å². The van der Waals surface area contributed by atoms with Crippen LogP contribution in [0, 0.1) is 6.92 Å². The molecule has 3 aromatic rings. The molecule has 33 heavy (non-hydrogen) atoms. The molecule has 4 rings (SSSR count). The second-order valence-corrected chi connectivity index (χ2v) is 9.14. The summed E-state index contributed by atoms with van der Waals surface area (Å²) in [6, 6.07) is 15.5. The number of primary amides is 1. The minimum atomic E-state index is -0.480. The second kappa shape index (κ2) is 10.1. The molecule has 1 aromatic heterocycles. The maximum Gasteiger partial charge on any atom is 0.248 e. The van der Waals surface area contributed by atoms with Gasteiger partial charge >= 0.3 is 0 Å². The van der Waals surface area contributed by atoms with Gasteiger partial charge in [-0.3, -0.25) is 4.79 Å². The Morgan fingerprint density at radius 1 is 1.18 bits per heavy atom. The lowest BCUT2D eigenvalue weighted by Crippen LogP contribution is -2.31. The van der Waals surface area contributed by atoms with E-state index in [1.54, 1.807) is 16.4 Å². The topological polar surface area (TPSA) is 95.1 Å². The number of carbonyl (C=O) groups is 1. The summed E-state index contributed by atoms with van der Waals surface area (Å²) in [5, 5.41) is 8.56. The number of hydrogen-bond donors (Lipinski definition) is 2. The van der Waals surface area contributed by atoms with Gasteiger partial charge in [0, 0.05) is 11.4 Å². The summed E-state index contributed by atoms with van der Waals surface area (Å²) in [6.07, 6.45) is 2.21. The summed E-state index contributed by atoms with van der Waals surface area (Å²) in [7, 11) is 0. The van der Waals surface area contributed by atoms with Crippen molar-refractivity contribution < 1.29 is 9.53 Å². The lowest BCUT2D eigenvalue weighted by atomic mass is 9.95. The summed E-state index contributed by atoms with van der Waals surface area (Å²) in [5.74, 6) is 1.84. The Morgan fingerprint density at radius 2 is 1.94 bits per heavy atom. The molecule has 0 radical (unpaired) electrons. The molecule has 1 amide bonds. The van der Waals surface area contributed by atoms with Crippen LogP contribution >= 0.6 is 11.8 Å². The first-order valence-electron chi connectivity index (χ1n) is 11.1. The van der Waals surface area contributed by atoms with E-state index >= 15 is 0 Å². The van der Waals surface area contributed by atoms with E-state index in [9.17, 15) is 4.79 Å². The molecule has 2 heterocycles. The van der Waals surface area contributed by atoms with Gasteiger partial charge in [-0.15, -0.1) is 5.10 Å². The number of thioether (sulfide) groups is 1. The first-order chi connectivity index (χ1) is 16.0. The van der Waals surface area contributed by atoms with Crippen molar-refractivity contribution in [3.8, 4) is 5.75 Å². The highest BCUT2D eigenvalue weighted by Crippen LogP contribution is 2.36. The van der Waals surface area contributed by atoms with Crippen molar-refractivity contribution in [1.29, 1.82) is 0 Å². The molecule has 0 fully saturated rings. The number of carbonyl (C=O) groups excluding carboxylic acids is 1. The van der Waals surface area contributed by atoms with Crippen molar-refractivity contribution in [3.05, 3.63) is 76.5 Å². The van der Waals surface area contributed by atoms with Crippen LogP contribution < -0.4 is 15.8 Å². The molecule has 1 atom stereocenters. The average molecular weight is 464 g/mol. The van der Waals surface area contributed by atoms with Crippen LogP contribution in [0.2, 0.25) is 0 Å². The van der Waals surface area contributed by atoms with Crippen molar-refractivity contribution in [2.45, 2.75) is 51.4 Å². The van der Waals surface area contributed by atoms with Crippen LogP contribution in [0.4, 0.5) is 5.95 Å².